The van der Waals surface area contributed by atoms with Gasteiger partial charge in [0.15, 0.2) is 11.6 Å². The molecule has 1 atom stereocenters. The minimum Gasteiger partial charge on any atom is -0.488 e. The number of carbonyl (C=O) groups is 1. The highest BCUT2D eigenvalue weighted by atomic mass is 19.1. The van der Waals surface area contributed by atoms with Crippen LogP contribution in [-0.2, 0) is 6.54 Å². The molecule has 3 rings (SSSR count). The molecule has 1 amide bonds. The summed E-state index contributed by atoms with van der Waals surface area (Å²) in [4.78, 5) is 12.7. The highest BCUT2D eigenvalue weighted by molar-refractivity contribution is 5.95. The summed E-state index contributed by atoms with van der Waals surface area (Å²) in [6.45, 7) is 6.86. The van der Waals surface area contributed by atoms with Gasteiger partial charge >= 0.3 is 0 Å². The lowest BCUT2D eigenvalue weighted by atomic mass is 10.1. The number of hydrogen-bond donors (Lipinski definition) is 1. The Labute approximate surface area is 157 Å². The summed E-state index contributed by atoms with van der Waals surface area (Å²) in [6, 6.07) is 2.79. The van der Waals surface area contributed by atoms with Gasteiger partial charge in [-0.05, 0) is 37.8 Å². The van der Waals surface area contributed by atoms with E-state index in [1.807, 2.05) is 4.68 Å². The molecule has 0 saturated heterocycles. The Balaban J connectivity index is 1.62. The number of hydrogen-bond acceptors (Lipinski definition) is 3. The molecular weight excluding hydrogens is 352 g/mol. The van der Waals surface area contributed by atoms with E-state index in [1.165, 1.54) is 6.07 Å². The van der Waals surface area contributed by atoms with Crippen LogP contribution in [0.2, 0.25) is 0 Å². The van der Waals surface area contributed by atoms with E-state index in [4.69, 9.17) is 4.74 Å². The van der Waals surface area contributed by atoms with Crippen LogP contribution in [0.15, 0.2) is 24.4 Å². The first kappa shape index (κ1) is 19.3. The van der Waals surface area contributed by atoms with Crippen LogP contribution >= 0.6 is 0 Å². The first-order valence-electron chi connectivity index (χ1n) is 9.29. The largest absolute Gasteiger partial charge is 0.488 e. The molecule has 146 valence electrons. The minimum atomic E-state index is -0.764. The van der Waals surface area contributed by atoms with Gasteiger partial charge in [0, 0.05) is 18.5 Å². The molecule has 27 heavy (non-hydrogen) atoms. The topological polar surface area (TPSA) is 56.2 Å². The molecule has 1 aliphatic rings. The average molecular weight is 377 g/mol. The summed E-state index contributed by atoms with van der Waals surface area (Å²) >= 11 is 0. The normalized spacial score (nSPS) is 15.0. The maximum absolute atomic E-state index is 13.6. The van der Waals surface area contributed by atoms with E-state index >= 15 is 0 Å². The maximum atomic E-state index is 13.6. The quantitative estimate of drug-likeness (QED) is 0.759. The van der Waals surface area contributed by atoms with Gasteiger partial charge in [-0.2, -0.15) is 5.10 Å². The fourth-order valence-corrected chi connectivity index (χ4v) is 3.00. The Morgan fingerprint density at radius 1 is 1.33 bits per heavy atom. The summed E-state index contributed by atoms with van der Waals surface area (Å²) in [6.07, 6.45) is 3.78. The minimum absolute atomic E-state index is 0.0408. The molecule has 1 aromatic carbocycles. The Bertz CT molecular complexity index is 816. The number of rotatable bonds is 8. The molecule has 1 fully saturated rings. The van der Waals surface area contributed by atoms with Crippen molar-refractivity contribution >= 4 is 5.91 Å². The van der Waals surface area contributed by atoms with Crippen molar-refractivity contribution in [3.05, 3.63) is 47.3 Å². The van der Waals surface area contributed by atoms with E-state index in [1.54, 1.807) is 13.1 Å². The first-order valence-corrected chi connectivity index (χ1v) is 9.29. The van der Waals surface area contributed by atoms with Gasteiger partial charge in [0.25, 0.3) is 5.91 Å². The zero-order chi connectivity index (χ0) is 19.6. The van der Waals surface area contributed by atoms with Gasteiger partial charge in [-0.3, -0.25) is 9.48 Å². The molecule has 1 aliphatic carbocycles. The third kappa shape index (κ3) is 4.84. The SMILES string of the molecule is CC(C)Cn1ncc(C(=O)NC(C)COc2ccc(F)cc2F)c1C1CC1. The van der Waals surface area contributed by atoms with Crippen LogP contribution in [0.1, 0.15) is 55.6 Å². The Kier molecular flexibility index (Phi) is 5.77. The average Bonchev–Trinajstić information content (AvgIpc) is 3.34. The summed E-state index contributed by atoms with van der Waals surface area (Å²) in [5.41, 5.74) is 1.59. The number of carbonyl (C=O) groups excluding carboxylic acids is 1. The number of nitrogens with one attached hydrogen (secondary N) is 1. The predicted octanol–water partition coefficient (Wildman–Crippen LogP) is 3.89. The van der Waals surface area contributed by atoms with Crippen LogP contribution in [0.5, 0.6) is 5.75 Å². The van der Waals surface area contributed by atoms with Crippen molar-refractivity contribution in [1.29, 1.82) is 0 Å². The third-order valence-corrected chi connectivity index (χ3v) is 4.39. The molecule has 1 saturated carbocycles. The summed E-state index contributed by atoms with van der Waals surface area (Å²) in [5.74, 6) is -0.835. The van der Waals surface area contributed by atoms with E-state index in [0.717, 1.165) is 37.2 Å². The van der Waals surface area contributed by atoms with Crippen LogP contribution < -0.4 is 10.1 Å². The molecule has 1 N–H and O–H groups in total. The van der Waals surface area contributed by atoms with E-state index < -0.39 is 11.6 Å². The number of amides is 1. The number of benzene rings is 1. The predicted molar refractivity (Wildman–Crippen MR) is 97.8 cm³/mol. The van der Waals surface area contributed by atoms with Crippen molar-refractivity contribution in [2.75, 3.05) is 6.61 Å². The van der Waals surface area contributed by atoms with Crippen LogP contribution in [-0.4, -0.2) is 28.3 Å². The standard InChI is InChI=1S/C20H25F2N3O2/c1-12(2)10-25-19(14-4-5-14)16(9-23-25)20(26)24-13(3)11-27-18-7-6-15(21)8-17(18)22/h6-9,12-14H,4-5,10-11H2,1-3H3,(H,24,26). The molecule has 5 nitrogen and oxygen atoms in total. The Morgan fingerprint density at radius 2 is 2.07 bits per heavy atom. The first-order chi connectivity index (χ1) is 12.8. The lowest BCUT2D eigenvalue weighted by molar-refractivity contribution is 0.0925. The summed E-state index contributed by atoms with van der Waals surface area (Å²) in [5, 5.41) is 7.27. The highest BCUT2D eigenvalue weighted by Crippen LogP contribution is 2.41. The molecule has 0 radical (unpaired) electrons. The summed E-state index contributed by atoms with van der Waals surface area (Å²) < 4.78 is 33.9. The van der Waals surface area contributed by atoms with Crippen LogP contribution in [0.3, 0.4) is 0 Å². The zero-order valence-electron chi connectivity index (χ0n) is 15.8. The van der Waals surface area contributed by atoms with E-state index in [-0.39, 0.29) is 24.3 Å². The van der Waals surface area contributed by atoms with Gasteiger partial charge in [0.2, 0.25) is 0 Å². The van der Waals surface area contributed by atoms with Crippen LogP contribution in [0.25, 0.3) is 0 Å². The van der Waals surface area contributed by atoms with Gasteiger partial charge in [-0.1, -0.05) is 13.8 Å². The van der Waals surface area contributed by atoms with E-state index in [9.17, 15) is 13.6 Å². The molecule has 1 heterocycles. The monoisotopic (exact) mass is 377 g/mol. The number of nitrogens with zero attached hydrogens (tertiary/aromatic N) is 2. The zero-order valence-corrected chi connectivity index (χ0v) is 15.8. The van der Waals surface area contributed by atoms with Crippen molar-refractivity contribution in [1.82, 2.24) is 15.1 Å². The second-order valence-electron chi connectivity index (χ2n) is 7.55. The van der Waals surface area contributed by atoms with Crippen molar-refractivity contribution in [2.45, 2.75) is 52.1 Å². The molecule has 1 aromatic heterocycles. The fourth-order valence-electron chi connectivity index (χ4n) is 3.00. The van der Waals surface area contributed by atoms with Gasteiger partial charge in [0.1, 0.15) is 12.4 Å². The Morgan fingerprint density at radius 3 is 2.70 bits per heavy atom. The molecule has 2 aromatic rings. The smallest absolute Gasteiger partial charge is 0.255 e. The van der Waals surface area contributed by atoms with Gasteiger partial charge in [-0.25, -0.2) is 8.78 Å². The lowest BCUT2D eigenvalue weighted by Crippen LogP contribution is -2.37. The fraction of sp³-hybridized carbons (Fsp3) is 0.500. The number of ether oxygens (including phenoxy) is 1. The second-order valence-corrected chi connectivity index (χ2v) is 7.55. The second kappa shape index (κ2) is 8.06. The van der Waals surface area contributed by atoms with E-state index in [2.05, 4.69) is 24.3 Å². The highest BCUT2D eigenvalue weighted by Gasteiger charge is 2.32. The number of halogens is 2. The molecule has 0 spiro atoms. The van der Waals surface area contributed by atoms with Crippen molar-refractivity contribution in [3.63, 3.8) is 0 Å². The molecule has 0 aliphatic heterocycles. The number of aromatic nitrogens is 2. The van der Waals surface area contributed by atoms with Crippen molar-refractivity contribution in [3.8, 4) is 5.75 Å². The van der Waals surface area contributed by atoms with Crippen LogP contribution in [0, 0.1) is 17.6 Å². The van der Waals surface area contributed by atoms with Gasteiger partial charge in [-0.15, -0.1) is 0 Å². The van der Waals surface area contributed by atoms with Crippen molar-refractivity contribution < 1.29 is 18.3 Å². The third-order valence-electron chi connectivity index (χ3n) is 4.39. The maximum Gasteiger partial charge on any atom is 0.255 e. The van der Waals surface area contributed by atoms with Gasteiger partial charge < -0.3 is 10.1 Å². The molecule has 7 heteroatoms. The molecule has 1 unspecified atom stereocenters. The van der Waals surface area contributed by atoms with Crippen LogP contribution in [0.4, 0.5) is 8.78 Å². The van der Waals surface area contributed by atoms with Gasteiger partial charge in [0.05, 0.1) is 23.5 Å². The Hall–Kier alpha value is -2.44. The molecular formula is C20H25F2N3O2. The summed E-state index contributed by atoms with van der Waals surface area (Å²) in [7, 11) is 0. The lowest BCUT2D eigenvalue weighted by Gasteiger charge is -2.16. The van der Waals surface area contributed by atoms with Crippen molar-refractivity contribution in [2.24, 2.45) is 5.92 Å². The molecule has 0 bridgehead atoms. The van der Waals surface area contributed by atoms with E-state index in [0.29, 0.717) is 17.4 Å².